The summed E-state index contributed by atoms with van der Waals surface area (Å²) in [5, 5.41) is 2.51. The molecule has 5 rings (SSSR count). The van der Waals surface area contributed by atoms with E-state index in [4.69, 9.17) is 4.42 Å². The second-order valence-corrected chi connectivity index (χ2v) is 6.67. The molecule has 27 heavy (non-hydrogen) atoms. The van der Waals surface area contributed by atoms with Crippen LogP contribution < -0.4 is 5.63 Å². The number of fused-ring (bicyclic) bond motifs is 5. The number of aryl methyl sites for hydroxylation is 1. The van der Waals surface area contributed by atoms with Crippen molar-refractivity contribution in [1.29, 1.82) is 0 Å². The molecule has 132 valence electrons. The van der Waals surface area contributed by atoms with Gasteiger partial charge in [0.25, 0.3) is 0 Å². The summed E-state index contributed by atoms with van der Waals surface area (Å²) in [4.78, 5) is 17.0. The lowest BCUT2D eigenvalue weighted by Gasteiger charge is -2.08. The fourth-order valence-corrected chi connectivity index (χ4v) is 3.71. The van der Waals surface area contributed by atoms with Gasteiger partial charge in [0.05, 0.1) is 6.54 Å². The maximum Gasteiger partial charge on any atom is 0.362 e. The van der Waals surface area contributed by atoms with Gasteiger partial charge >= 0.3 is 5.63 Å². The van der Waals surface area contributed by atoms with Gasteiger partial charge in [-0.1, -0.05) is 29.8 Å². The van der Waals surface area contributed by atoms with E-state index in [1.807, 2.05) is 41.8 Å². The fraction of sp³-hybridized carbons (Fsp3) is 0.0909. The molecule has 3 aromatic heterocycles. The Labute approximate surface area is 153 Å². The van der Waals surface area contributed by atoms with Gasteiger partial charge in [-0.05, 0) is 37.3 Å². The van der Waals surface area contributed by atoms with Crippen molar-refractivity contribution in [1.82, 2.24) is 9.55 Å². The molecular formula is C22H15FN2O2. The first-order valence-corrected chi connectivity index (χ1v) is 8.67. The van der Waals surface area contributed by atoms with Gasteiger partial charge in [-0.25, -0.2) is 14.2 Å². The molecule has 0 aliphatic rings. The first kappa shape index (κ1) is 15.8. The molecule has 0 unspecified atom stereocenters. The zero-order chi connectivity index (χ0) is 18.5. The molecule has 0 saturated carbocycles. The molecule has 0 amide bonds. The average molecular weight is 358 g/mol. The van der Waals surface area contributed by atoms with E-state index in [1.165, 1.54) is 6.07 Å². The second kappa shape index (κ2) is 5.77. The van der Waals surface area contributed by atoms with E-state index in [0.717, 1.165) is 27.2 Å². The van der Waals surface area contributed by atoms with Crippen LogP contribution >= 0.6 is 0 Å². The molecule has 0 aliphatic heterocycles. The largest absolute Gasteiger partial charge is 0.402 e. The third kappa shape index (κ3) is 2.35. The molecule has 5 aromatic rings. The SMILES string of the molecule is Cc1ccc2c(c1)c1c3cccnc3oc(=O)c1n2Cc1ccccc1F. The summed E-state index contributed by atoms with van der Waals surface area (Å²) in [6.45, 7) is 2.25. The Morgan fingerprint density at radius 1 is 1.07 bits per heavy atom. The van der Waals surface area contributed by atoms with E-state index < -0.39 is 5.63 Å². The van der Waals surface area contributed by atoms with Crippen LogP contribution in [0.15, 0.2) is 70.0 Å². The first-order chi connectivity index (χ1) is 13.1. The third-order valence-corrected chi connectivity index (χ3v) is 4.93. The minimum atomic E-state index is -0.471. The molecule has 0 atom stereocenters. The Morgan fingerprint density at radius 3 is 2.78 bits per heavy atom. The van der Waals surface area contributed by atoms with Gasteiger partial charge in [-0.15, -0.1) is 0 Å². The van der Waals surface area contributed by atoms with Crippen molar-refractivity contribution in [3.05, 3.63) is 88.2 Å². The van der Waals surface area contributed by atoms with Gasteiger partial charge in [0.1, 0.15) is 11.3 Å². The molecule has 0 spiro atoms. The Hall–Kier alpha value is -3.47. The van der Waals surface area contributed by atoms with Crippen LogP contribution in [0.2, 0.25) is 0 Å². The summed E-state index contributed by atoms with van der Waals surface area (Å²) in [6, 6.07) is 16.3. The molecule has 0 fully saturated rings. The predicted molar refractivity (Wildman–Crippen MR) is 104 cm³/mol. The van der Waals surface area contributed by atoms with Gasteiger partial charge in [-0.3, -0.25) is 0 Å². The average Bonchev–Trinajstić information content (AvgIpc) is 2.98. The van der Waals surface area contributed by atoms with E-state index in [-0.39, 0.29) is 12.4 Å². The number of benzene rings is 2. The van der Waals surface area contributed by atoms with Crippen molar-refractivity contribution in [2.24, 2.45) is 0 Å². The van der Waals surface area contributed by atoms with Crippen LogP contribution in [0, 0.1) is 12.7 Å². The molecule has 4 nitrogen and oxygen atoms in total. The second-order valence-electron chi connectivity index (χ2n) is 6.67. The van der Waals surface area contributed by atoms with Gasteiger partial charge < -0.3 is 8.98 Å². The van der Waals surface area contributed by atoms with Crippen LogP contribution in [0.1, 0.15) is 11.1 Å². The highest BCUT2D eigenvalue weighted by molar-refractivity contribution is 6.18. The number of pyridine rings is 1. The lowest BCUT2D eigenvalue weighted by Crippen LogP contribution is -2.09. The maximum atomic E-state index is 14.3. The number of rotatable bonds is 2. The summed E-state index contributed by atoms with van der Waals surface area (Å²) >= 11 is 0. The molecule has 0 bridgehead atoms. The minimum Gasteiger partial charge on any atom is -0.402 e. The molecule has 0 N–H and O–H groups in total. The minimum absolute atomic E-state index is 0.242. The highest BCUT2D eigenvalue weighted by Crippen LogP contribution is 2.33. The Balaban J connectivity index is 1.96. The summed E-state index contributed by atoms with van der Waals surface area (Å²) in [6.07, 6.45) is 1.60. The lowest BCUT2D eigenvalue weighted by atomic mass is 10.1. The van der Waals surface area contributed by atoms with E-state index in [9.17, 15) is 9.18 Å². The summed E-state index contributed by atoms with van der Waals surface area (Å²) in [5.41, 5.74) is 2.73. The fourth-order valence-electron chi connectivity index (χ4n) is 3.71. The monoisotopic (exact) mass is 358 g/mol. The zero-order valence-electron chi connectivity index (χ0n) is 14.6. The Kier molecular flexibility index (Phi) is 3.37. The predicted octanol–water partition coefficient (Wildman–Crippen LogP) is 4.79. The number of hydrogen-bond donors (Lipinski definition) is 0. The highest BCUT2D eigenvalue weighted by Gasteiger charge is 2.19. The van der Waals surface area contributed by atoms with Crippen molar-refractivity contribution in [2.75, 3.05) is 0 Å². The number of aromatic nitrogens is 2. The van der Waals surface area contributed by atoms with Gasteiger partial charge in [0.15, 0.2) is 0 Å². The molecule has 5 heteroatoms. The number of nitrogens with zero attached hydrogens (tertiary/aromatic N) is 2. The van der Waals surface area contributed by atoms with Crippen LogP contribution in [0.25, 0.3) is 32.9 Å². The van der Waals surface area contributed by atoms with Crippen LogP contribution in [-0.4, -0.2) is 9.55 Å². The van der Waals surface area contributed by atoms with Gasteiger partial charge in [0, 0.05) is 33.4 Å². The van der Waals surface area contributed by atoms with E-state index >= 15 is 0 Å². The molecule has 0 radical (unpaired) electrons. The zero-order valence-corrected chi connectivity index (χ0v) is 14.6. The quantitative estimate of drug-likeness (QED) is 0.456. The van der Waals surface area contributed by atoms with Crippen molar-refractivity contribution >= 4 is 32.9 Å². The molecule has 0 aliphatic carbocycles. The van der Waals surface area contributed by atoms with Crippen LogP contribution in [0.3, 0.4) is 0 Å². The summed E-state index contributed by atoms with van der Waals surface area (Å²) in [5.74, 6) is -0.300. The van der Waals surface area contributed by atoms with Gasteiger partial charge in [-0.2, -0.15) is 0 Å². The van der Waals surface area contributed by atoms with Crippen molar-refractivity contribution in [2.45, 2.75) is 13.5 Å². The lowest BCUT2D eigenvalue weighted by molar-refractivity contribution is 0.552. The van der Waals surface area contributed by atoms with E-state index in [1.54, 1.807) is 24.4 Å². The third-order valence-electron chi connectivity index (χ3n) is 4.93. The van der Waals surface area contributed by atoms with E-state index in [2.05, 4.69) is 4.98 Å². The van der Waals surface area contributed by atoms with Crippen molar-refractivity contribution in [3.63, 3.8) is 0 Å². The summed E-state index contributed by atoms with van der Waals surface area (Å²) in [7, 11) is 0. The topological polar surface area (TPSA) is 48.0 Å². The standard InChI is InChI=1S/C22H15FN2O2/c1-13-8-9-18-16(11-13)19-15-6-4-10-24-21(15)27-22(26)20(19)25(18)12-14-5-2-3-7-17(14)23/h2-11H,12H2,1H3. The molecule has 0 saturated heterocycles. The highest BCUT2D eigenvalue weighted by atomic mass is 19.1. The van der Waals surface area contributed by atoms with E-state index in [0.29, 0.717) is 16.8 Å². The van der Waals surface area contributed by atoms with Gasteiger partial charge in [0.2, 0.25) is 5.71 Å². The molecular weight excluding hydrogens is 343 g/mol. The molecule has 3 heterocycles. The molecule has 2 aromatic carbocycles. The van der Waals surface area contributed by atoms with Crippen molar-refractivity contribution < 1.29 is 8.81 Å². The Morgan fingerprint density at radius 2 is 1.93 bits per heavy atom. The Bertz CT molecular complexity index is 1400. The normalized spacial score (nSPS) is 11.6. The maximum absolute atomic E-state index is 14.3. The van der Waals surface area contributed by atoms with Crippen LogP contribution in [0.4, 0.5) is 4.39 Å². The smallest absolute Gasteiger partial charge is 0.362 e. The van der Waals surface area contributed by atoms with Crippen LogP contribution in [0.5, 0.6) is 0 Å². The van der Waals surface area contributed by atoms with Crippen LogP contribution in [-0.2, 0) is 6.54 Å². The first-order valence-electron chi connectivity index (χ1n) is 8.67. The summed E-state index contributed by atoms with van der Waals surface area (Å²) < 4.78 is 21.6. The number of hydrogen-bond acceptors (Lipinski definition) is 3. The van der Waals surface area contributed by atoms with Crippen molar-refractivity contribution in [3.8, 4) is 0 Å². The number of halogens is 1.